The fraction of sp³-hybridized carbons (Fsp3) is 0.333. The van der Waals surface area contributed by atoms with Crippen LogP contribution in [0, 0.1) is 0 Å². The maximum Gasteiger partial charge on any atom is 0.252 e. The first-order chi connectivity index (χ1) is 9.70. The summed E-state index contributed by atoms with van der Waals surface area (Å²) in [5.74, 6) is -0.425. The van der Waals surface area contributed by atoms with Gasteiger partial charge in [0.25, 0.3) is 5.91 Å². The van der Waals surface area contributed by atoms with E-state index in [1.54, 1.807) is 6.20 Å². The number of amides is 1. The van der Waals surface area contributed by atoms with Gasteiger partial charge in [0.15, 0.2) is 0 Å². The number of nitrogens with zero attached hydrogens (tertiary/aromatic N) is 2. The monoisotopic (exact) mass is 270 g/mol. The van der Waals surface area contributed by atoms with Crippen molar-refractivity contribution in [2.75, 3.05) is 25.0 Å². The smallest absolute Gasteiger partial charge is 0.252 e. The molecule has 1 atom stereocenters. The van der Waals surface area contributed by atoms with Crippen molar-refractivity contribution in [2.24, 2.45) is 5.73 Å². The lowest BCUT2D eigenvalue weighted by atomic mass is 10.1. The highest BCUT2D eigenvalue weighted by atomic mass is 16.1. The molecule has 3 rings (SSSR count). The quantitative estimate of drug-likeness (QED) is 0.877. The van der Waals surface area contributed by atoms with Crippen LogP contribution in [-0.4, -0.2) is 37.1 Å². The van der Waals surface area contributed by atoms with Gasteiger partial charge in [0, 0.05) is 30.7 Å². The largest absolute Gasteiger partial charge is 0.369 e. The number of nitrogens with one attached hydrogen (secondary N) is 1. The topological polar surface area (TPSA) is 71.2 Å². The summed E-state index contributed by atoms with van der Waals surface area (Å²) in [5, 5.41) is 4.27. The van der Waals surface area contributed by atoms with Gasteiger partial charge >= 0.3 is 0 Å². The van der Waals surface area contributed by atoms with Crippen LogP contribution < -0.4 is 16.0 Å². The molecule has 0 aliphatic carbocycles. The number of primary amides is 1. The fourth-order valence-electron chi connectivity index (χ4n) is 2.85. The first-order valence-corrected chi connectivity index (χ1v) is 6.80. The fourth-order valence-corrected chi connectivity index (χ4v) is 2.85. The molecular formula is C15H18N4O. The van der Waals surface area contributed by atoms with Crippen molar-refractivity contribution in [1.82, 2.24) is 10.3 Å². The van der Waals surface area contributed by atoms with Gasteiger partial charge in [-0.2, -0.15) is 0 Å². The number of hydrogen-bond donors (Lipinski definition) is 2. The van der Waals surface area contributed by atoms with E-state index in [1.165, 1.54) is 0 Å². The van der Waals surface area contributed by atoms with Crippen LogP contribution in [0.1, 0.15) is 16.8 Å². The Morgan fingerprint density at radius 2 is 2.25 bits per heavy atom. The molecule has 1 aromatic carbocycles. The second-order valence-corrected chi connectivity index (χ2v) is 5.12. The van der Waals surface area contributed by atoms with Crippen LogP contribution in [0.3, 0.4) is 0 Å². The van der Waals surface area contributed by atoms with E-state index in [4.69, 9.17) is 5.73 Å². The third kappa shape index (κ3) is 2.10. The number of likely N-dealkylation sites (N-methyl/N-ethyl adjacent to an activating group) is 1. The zero-order chi connectivity index (χ0) is 14.1. The summed E-state index contributed by atoms with van der Waals surface area (Å²) in [6.45, 7) is 1.80. The van der Waals surface area contributed by atoms with Gasteiger partial charge in [-0.15, -0.1) is 0 Å². The first kappa shape index (κ1) is 12.9. The number of rotatable bonds is 3. The van der Waals surface area contributed by atoms with Gasteiger partial charge in [-0.25, -0.2) is 0 Å². The molecule has 104 valence electrons. The molecule has 1 unspecified atom stereocenters. The lowest BCUT2D eigenvalue weighted by Crippen LogP contribution is -2.30. The third-order valence-corrected chi connectivity index (χ3v) is 3.93. The highest BCUT2D eigenvalue weighted by molar-refractivity contribution is 6.06. The Bertz CT molecular complexity index is 655. The van der Waals surface area contributed by atoms with E-state index in [1.807, 2.05) is 31.3 Å². The number of benzene rings is 1. The number of hydrogen-bond acceptors (Lipinski definition) is 4. The van der Waals surface area contributed by atoms with Crippen LogP contribution in [0.2, 0.25) is 0 Å². The summed E-state index contributed by atoms with van der Waals surface area (Å²) in [6.07, 6.45) is 2.65. The molecule has 5 heteroatoms. The standard InChI is InChI=1S/C15H18N4O/c1-17-10-6-7-19(9-10)14-11-4-2-3-5-13(11)18-8-12(14)15(16)20/h2-5,8,10,17H,6-7,9H2,1H3,(H2,16,20). The first-order valence-electron chi connectivity index (χ1n) is 6.80. The molecule has 2 heterocycles. The number of fused-ring (bicyclic) bond motifs is 1. The van der Waals surface area contributed by atoms with Gasteiger partial charge in [-0.05, 0) is 19.5 Å². The minimum atomic E-state index is -0.425. The summed E-state index contributed by atoms with van der Waals surface area (Å²) in [4.78, 5) is 18.3. The molecule has 20 heavy (non-hydrogen) atoms. The summed E-state index contributed by atoms with van der Waals surface area (Å²) in [7, 11) is 1.97. The van der Waals surface area contributed by atoms with Gasteiger partial charge in [-0.3, -0.25) is 9.78 Å². The van der Waals surface area contributed by atoms with Crippen molar-refractivity contribution >= 4 is 22.5 Å². The number of para-hydroxylation sites is 1. The second kappa shape index (κ2) is 5.09. The molecule has 5 nitrogen and oxygen atoms in total. The van der Waals surface area contributed by atoms with Crippen molar-refractivity contribution < 1.29 is 4.79 Å². The number of aromatic nitrogens is 1. The molecule has 0 saturated carbocycles. The van der Waals surface area contributed by atoms with Crippen molar-refractivity contribution in [3.8, 4) is 0 Å². The summed E-state index contributed by atoms with van der Waals surface area (Å²) < 4.78 is 0. The number of carbonyl (C=O) groups excluding carboxylic acids is 1. The molecule has 1 fully saturated rings. The Morgan fingerprint density at radius 3 is 2.95 bits per heavy atom. The van der Waals surface area contributed by atoms with Gasteiger partial charge in [0.05, 0.1) is 16.8 Å². The molecule has 0 spiro atoms. The maximum atomic E-state index is 11.7. The van der Waals surface area contributed by atoms with Crippen LogP contribution in [0.25, 0.3) is 10.9 Å². The molecule has 1 saturated heterocycles. The molecule has 1 aliphatic rings. The van der Waals surface area contributed by atoms with E-state index < -0.39 is 5.91 Å². The van der Waals surface area contributed by atoms with Crippen LogP contribution in [0.5, 0.6) is 0 Å². The molecular weight excluding hydrogens is 252 g/mol. The van der Waals surface area contributed by atoms with E-state index in [0.717, 1.165) is 36.1 Å². The molecule has 0 bridgehead atoms. The highest BCUT2D eigenvalue weighted by Gasteiger charge is 2.26. The van der Waals surface area contributed by atoms with Crippen LogP contribution in [0.15, 0.2) is 30.5 Å². The third-order valence-electron chi connectivity index (χ3n) is 3.93. The van der Waals surface area contributed by atoms with Crippen molar-refractivity contribution in [1.29, 1.82) is 0 Å². The molecule has 1 amide bonds. The van der Waals surface area contributed by atoms with Crippen LogP contribution in [0.4, 0.5) is 5.69 Å². The number of pyridine rings is 1. The Kier molecular flexibility index (Phi) is 3.28. The van der Waals surface area contributed by atoms with Crippen molar-refractivity contribution in [3.05, 3.63) is 36.0 Å². The van der Waals surface area contributed by atoms with E-state index in [0.29, 0.717) is 11.6 Å². The highest BCUT2D eigenvalue weighted by Crippen LogP contribution is 2.31. The van der Waals surface area contributed by atoms with Crippen molar-refractivity contribution in [2.45, 2.75) is 12.5 Å². The molecule has 0 radical (unpaired) electrons. The predicted molar refractivity (Wildman–Crippen MR) is 79.9 cm³/mol. The average Bonchev–Trinajstić information content (AvgIpc) is 2.94. The minimum absolute atomic E-state index is 0.425. The van der Waals surface area contributed by atoms with Gasteiger partial charge in [-0.1, -0.05) is 18.2 Å². The molecule has 1 aromatic heterocycles. The average molecular weight is 270 g/mol. The van der Waals surface area contributed by atoms with Gasteiger partial charge < -0.3 is 16.0 Å². The van der Waals surface area contributed by atoms with E-state index >= 15 is 0 Å². The summed E-state index contributed by atoms with van der Waals surface area (Å²) in [6, 6.07) is 8.31. The molecule has 1 aliphatic heterocycles. The lowest BCUT2D eigenvalue weighted by Gasteiger charge is -2.22. The summed E-state index contributed by atoms with van der Waals surface area (Å²) in [5.41, 5.74) is 7.83. The van der Waals surface area contributed by atoms with E-state index in [2.05, 4.69) is 15.2 Å². The normalized spacial score (nSPS) is 18.6. The Balaban J connectivity index is 2.15. The Labute approximate surface area is 117 Å². The SMILES string of the molecule is CNC1CCN(c2c(C(N)=O)cnc3ccccc23)C1. The zero-order valence-corrected chi connectivity index (χ0v) is 11.5. The van der Waals surface area contributed by atoms with Crippen LogP contribution >= 0.6 is 0 Å². The maximum absolute atomic E-state index is 11.7. The number of nitrogens with two attached hydrogens (primary N) is 1. The van der Waals surface area contributed by atoms with E-state index in [-0.39, 0.29) is 0 Å². The van der Waals surface area contributed by atoms with Crippen LogP contribution in [-0.2, 0) is 0 Å². The van der Waals surface area contributed by atoms with E-state index in [9.17, 15) is 4.79 Å². The molecule has 2 aromatic rings. The van der Waals surface area contributed by atoms with Gasteiger partial charge in [0.1, 0.15) is 0 Å². The Morgan fingerprint density at radius 1 is 1.45 bits per heavy atom. The van der Waals surface area contributed by atoms with Gasteiger partial charge in [0.2, 0.25) is 0 Å². The predicted octanol–water partition coefficient (Wildman–Crippen LogP) is 1.13. The Hall–Kier alpha value is -2.14. The number of carbonyl (C=O) groups is 1. The number of anilines is 1. The van der Waals surface area contributed by atoms with Crippen molar-refractivity contribution in [3.63, 3.8) is 0 Å². The zero-order valence-electron chi connectivity index (χ0n) is 11.5. The lowest BCUT2D eigenvalue weighted by molar-refractivity contribution is 0.100. The molecule has 3 N–H and O–H groups in total. The second-order valence-electron chi connectivity index (χ2n) is 5.12. The summed E-state index contributed by atoms with van der Waals surface area (Å²) >= 11 is 0. The minimum Gasteiger partial charge on any atom is -0.369 e.